The lowest BCUT2D eigenvalue weighted by atomic mass is 10.1. The number of methoxy groups -OCH3 is 1. The summed E-state index contributed by atoms with van der Waals surface area (Å²) >= 11 is 0. The number of hydrogen-bond acceptors (Lipinski definition) is 3. The largest absolute Gasteiger partial charge is 0.496 e. The van der Waals surface area contributed by atoms with Crippen LogP contribution in [0.15, 0.2) is 47.5 Å². The summed E-state index contributed by atoms with van der Waals surface area (Å²) in [6, 6.07) is 12.6. The minimum atomic E-state index is -2.86. The maximum absolute atomic E-state index is 12.5. The van der Waals surface area contributed by atoms with Gasteiger partial charge in [0.05, 0.1) is 7.11 Å². The van der Waals surface area contributed by atoms with Crippen LogP contribution in [0.2, 0.25) is 0 Å². The molecule has 2 aromatic rings. The third kappa shape index (κ3) is 5.61. The van der Waals surface area contributed by atoms with Gasteiger partial charge in [-0.1, -0.05) is 30.3 Å². The van der Waals surface area contributed by atoms with E-state index in [0.717, 1.165) is 16.9 Å². The predicted molar refractivity (Wildman–Crippen MR) is 97.8 cm³/mol. The number of rotatable bonds is 7. The van der Waals surface area contributed by atoms with Gasteiger partial charge in [0.15, 0.2) is 5.96 Å². The van der Waals surface area contributed by atoms with Crippen molar-refractivity contribution in [1.29, 1.82) is 0 Å². The molecule has 0 aliphatic carbocycles. The van der Waals surface area contributed by atoms with Crippen LogP contribution in [0.3, 0.4) is 0 Å². The zero-order valence-electron chi connectivity index (χ0n) is 15.1. The second-order valence-corrected chi connectivity index (χ2v) is 5.58. The molecule has 0 aromatic heterocycles. The van der Waals surface area contributed by atoms with E-state index in [9.17, 15) is 8.78 Å². The molecule has 0 atom stereocenters. The number of alkyl halides is 2. The molecule has 5 nitrogen and oxygen atoms in total. The molecular formula is C19H23F2N3O2. The van der Waals surface area contributed by atoms with Crippen molar-refractivity contribution < 1.29 is 18.3 Å². The molecule has 0 saturated carbocycles. The minimum absolute atomic E-state index is 0.144. The van der Waals surface area contributed by atoms with Crippen molar-refractivity contribution in [3.05, 3.63) is 59.2 Å². The predicted octanol–water partition coefficient (Wildman–Crippen LogP) is 3.47. The van der Waals surface area contributed by atoms with Gasteiger partial charge in [-0.25, -0.2) is 0 Å². The number of nitrogens with one attached hydrogen (secondary N) is 2. The molecule has 0 bridgehead atoms. The first kappa shape index (κ1) is 19.5. The lowest BCUT2D eigenvalue weighted by Crippen LogP contribution is -2.36. The third-order valence-electron chi connectivity index (χ3n) is 3.75. The monoisotopic (exact) mass is 363 g/mol. The van der Waals surface area contributed by atoms with Gasteiger partial charge in [0.1, 0.15) is 11.5 Å². The van der Waals surface area contributed by atoms with Crippen LogP contribution in [-0.2, 0) is 13.1 Å². The van der Waals surface area contributed by atoms with Gasteiger partial charge in [-0.05, 0) is 24.6 Å². The molecule has 0 amide bonds. The van der Waals surface area contributed by atoms with Gasteiger partial charge in [-0.3, -0.25) is 4.99 Å². The Balaban J connectivity index is 1.97. The Morgan fingerprint density at radius 3 is 2.31 bits per heavy atom. The number of halogens is 2. The molecule has 0 aliphatic heterocycles. The molecule has 26 heavy (non-hydrogen) atoms. The zero-order chi connectivity index (χ0) is 18.9. The summed E-state index contributed by atoms with van der Waals surface area (Å²) in [6.45, 7) is -0.0482. The van der Waals surface area contributed by atoms with Crippen molar-refractivity contribution in [2.24, 2.45) is 4.99 Å². The minimum Gasteiger partial charge on any atom is -0.496 e. The van der Waals surface area contributed by atoms with E-state index in [4.69, 9.17) is 4.74 Å². The first-order valence-electron chi connectivity index (χ1n) is 8.14. The molecule has 0 saturated heterocycles. The van der Waals surface area contributed by atoms with Crippen LogP contribution in [0, 0.1) is 6.92 Å². The van der Waals surface area contributed by atoms with Crippen LogP contribution in [0.1, 0.15) is 16.7 Å². The van der Waals surface area contributed by atoms with E-state index in [-0.39, 0.29) is 5.75 Å². The average molecular weight is 363 g/mol. The molecular weight excluding hydrogens is 340 g/mol. The highest BCUT2D eigenvalue weighted by molar-refractivity contribution is 5.79. The Hall–Kier alpha value is -2.83. The van der Waals surface area contributed by atoms with Crippen LogP contribution in [0.4, 0.5) is 8.78 Å². The Bertz CT molecular complexity index is 751. The zero-order valence-corrected chi connectivity index (χ0v) is 15.1. The normalized spacial score (nSPS) is 11.4. The number of hydrogen-bond donors (Lipinski definition) is 2. The molecule has 0 spiro atoms. The quantitative estimate of drug-likeness (QED) is 0.584. The summed E-state index contributed by atoms with van der Waals surface area (Å²) in [5.74, 6) is 1.48. The topological polar surface area (TPSA) is 54.9 Å². The van der Waals surface area contributed by atoms with Gasteiger partial charge in [0.25, 0.3) is 0 Å². The Morgan fingerprint density at radius 2 is 1.69 bits per heavy atom. The smallest absolute Gasteiger partial charge is 0.387 e. The van der Waals surface area contributed by atoms with E-state index in [0.29, 0.717) is 24.6 Å². The van der Waals surface area contributed by atoms with Gasteiger partial charge < -0.3 is 20.1 Å². The van der Waals surface area contributed by atoms with Crippen molar-refractivity contribution in [2.75, 3.05) is 14.2 Å². The number of aryl methyl sites for hydroxylation is 1. The van der Waals surface area contributed by atoms with E-state index >= 15 is 0 Å². The van der Waals surface area contributed by atoms with Crippen LogP contribution < -0.4 is 20.1 Å². The molecule has 2 aromatic carbocycles. The summed E-state index contributed by atoms with van der Waals surface area (Å²) in [6.07, 6.45) is 0. The van der Waals surface area contributed by atoms with Crippen molar-refractivity contribution in [3.63, 3.8) is 0 Å². The molecule has 7 heteroatoms. The SMILES string of the molecule is CN=C(NCc1ccc(C)cc1OC)NCc1ccccc1OC(F)F. The molecule has 2 rings (SSSR count). The maximum Gasteiger partial charge on any atom is 0.387 e. The lowest BCUT2D eigenvalue weighted by molar-refractivity contribution is -0.0504. The van der Waals surface area contributed by atoms with E-state index in [2.05, 4.69) is 20.4 Å². The fourth-order valence-electron chi connectivity index (χ4n) is 2.44. The average Bonchev–Trinajstić information content (AvgIpc) is 2.63. The van der Waals surface area contributed by atoms with E-state index < -0.39 is 6.61 Å². The summed E-state index contributed by atoms with van der Waals surface area (Å²) in [5, 5.41) is 6.27. The van der Waals surface area contributed by atoms with Crippen molar-refractivity contribution in [2.45, 2.75) is 26.6 Å². The fraction of sp³-hybridized carbons (Fsp3) is 0.316. The van der Waals surface area contributed by atoms with Crippen LogP contribution in [0.25, 0.3) is 0 Å². The van der Waals surface area contributed by atoms with Gasteiger partial charge >= 0.3 is 6.61 Å². The van der Waals surface area contributed by atoms with Crippen molar-refractivity contribution in [3.8, 4) is 11.5 Å². The fourth-order valence-corrected chi connectivity index (χ4v) is 2.44. The Morgan fingerprint density at radius 1 is 1.04 bits per heavy atom. The van der Waals surface area contributed by atoms with E-state index in [1.165, 1.54) is 6.07 Å². The third-order valence-corrected chi connectivity index (χ3v) is 3.75. The van der Waals surface area contributed by atoms with Gasteiger partial charge in [-0.2, -0.15) is 8.78 Å². The molecule has 0 unspecified atom stereocenters. The second-order valence-electron chi connectivity index (χ2n) is 5.58. The van der Waals surface area contributed by atoms with Gasteiger partial charge in [0.2, 0.25) is 0 Å². The maximum atomic E-state index is 12.5. The van der Waals surface area contributed by atoms with Crippen LogP contribution in [0.5, 0.6) is 11.5 Å². The van der Waals surface area contributed by atoms with Crippen molar-refractivity contribution in [1.82, 2.24) is 10.6 Å². The molecule has 0 heterocycles. The summed E-state index contributed by atoms with van der Waals surface area (Å²) in [5.41, 5.74) is 2.72. The first-order valence-corrected chi connectivity index (χ1v) is 8.14. The number of para-hydroxylation sites is 1. The number of guanidine groups is 1. The number of ether oxygens (including phenoxy) is 2. The van der Waals surface area contributed by atoms with Gasteiger partial charge in [0, 0.05) is 31.3 Å². The van der Waals surface area contributed by atoms with Crippen LogP contribution >= 0.6 is 0 Å². The lowest BCUT2D eigenvalue weighted by Gasteiger charge is -2.15. The molecule has 0 radical (unpaired) electrons. The van der Waals surface area contributed by atoms with Gasteiger partial charge in [-0.15, -0.1) is 0 Å². The van der Waals surface area contributed by atoms with E-state index in [1.54, 1.807) is 32.4 Å². The number of nitrogens with zero attached hydrogens (tertiary/aromatic N) is 1. The molecule has 140 valence electrons. The van der Waals surface area contributed by atoms with E-state index in [1.807, 2.05) is 25.1 Å². The highest BCUT2D eigenvalue weighted by Gasteiger charge is 2.10. The van der Waals surface area contributed by atoms with Crippen LogP contribution in [-0.4, -0.2) is 26.7 Å². The summed E-state index contributed by atoms with van der Waals surface area (Å²) < 4.78 is 34.9. The summed E-state index contributed by atoms with van der Waals surface area (Å²) in [7, 11) is 3.27. The standard InChI is InChI=1S/C19H23F2N3O2/c1-13-8-9-15(17(10-13)25-3)12-24-19(22-2)23-11-14-6-4-5-7-16(14)26-18(20)21/h4-10,18H,11-12H2,1-3H3,(H2,22,23,24). The first-order chi connectivity index (χ1) is 12.5. The number of benzene rings is 2. The highest BCUT2D eigenvalue weighted by Crippen LogP contribution is 2.21. The molecule has 0 fully saturated rings. The van der Waals surface area contributed by atoms with Crippen molar-refractivity contribution >= 4 is 5.96 Å². The summed E-state index contributed by atoms with van der Waals surface area (Å²) in [4.78, 5) is 4.15. The molecule has 0 aliphatic rings. The Labute approximate surface area is 152 Å². The number of aliphatic imine (C=N–C) groups is 1. The Kier molecular flexibility index (Phi) is 7.20. The highest BCUT2D eigenvalue weighted by atomic mass is 19.3. The molecule has 2 N–H and O–H groups in total. The second kappa shape index (κ2) is 9.60.